The van der Waals surface area contributed by atoms with E-state index >= 15 is 0 Å². The molecule has 0 saturated heterocycles. The van der Waals surface area contributed by atoms with E-state index < -0.39 is 34.6 Å². The summed E-state index contributed by atoms with van der Waals surface area (Å²) in [6.07, 6.45) is 4.13. The fourth-order valence-electron chi connectivity index (χ4n) is 2.98. The second-order valence-corrected chi connectivity index (χ2v) is 11.9. The maximum Gasteiger partial charge on any atom is 0.410 e. The highest BCUT2D eigenvalue weighted by atomic mass is 33.1. The molecule has 8 nitrogen and oxygen atoms in total. The lowest BCUT2D eigenvalue weighted by atomic mass is 9.88. The Balaban J connectivity index is 2.49. The summed E-state index contributed by atoms with van der Waals surface area (Å²) < 4.78 is 21.6. The molecule has 30 heavy (non-hydrogen) atoms. The van der Waals surface area contributed by atoms with Crippen LogP contribution in [-0.4, -0.2) is 58.0 Å². The molecule has 0 spiro atoms. The number of nitrogens with two attached hydrogens (primary N) is 1. The molecule has 174 valence electrons. The molecule has 0 radical (unpaired) electrons. The average molecular weight is 483 g/mol. The van der Waals surface area contributed by atoms with Crippen LogP contribution in [-0.2, 0) is 29.9 Å². The Morgan fingerprint density at radius 1 is 1.13 bits per heavy atom. The highest BCUT2D eigenvalue weighted by molar-refractivity contribution is 8.76. The topological polar surface area (TPSA) is 125 Å². The molecule has 1 aliphatic rings. The van der Waals surface area contributed by atoms with Crippen molar-refractivity contribution < 1.29 is 28.1 Å². The van der Waals surface area contributed by atoms with E-state index in [1.54, 1.807) is 41.7 Å². The van der Waals surface area contributed by atoms with Crippen LogP contribution in [0.4, 0.5) is 4.79 Å². The molecule has 0 aromatic heterocycles. The SMILES string of the molecule is CC(OC(=O)NC(CCS(C)=O)CSSCC1(C(N)=O)CCCC1)OC(=O)C(C)C. The summed E-state index contributed by atoms with van der Waals surface area (Å²) in [4.78, 5) is 35.6. The van der Waals surface area contributed by atoms with E-state index in [0.29, 0.717) is 23.7 Å². The Morgan fingerprint density at radius 2 is 1.77 bits per heavy atom. The Kier molecular flexibility index (Phi) is 12.2. The third-order valence-corrected chi connectivity index (χ3v) is 8.32. The molecule has 0 aromatic carbocycles. The zero-order valence-electron chi connectivity index (χ0n) is 18.1. The second-order valence-electron chi connectivity index (χ2n) is 7.87. The first kappa shape index (κ1) is 27.1. The first-order valence-corrected chi connectivity index (χ1v) is 14.3. The molecule has 3 N–H and O–H groups in total. The Labute approximate surface area is 189 Å². The van der Waals surface area contributed by atoms with Gasteiger partial charge in [0.1, 0.15) is 0 Å². The van der Waals surface area contributed by atoms with Crippen molar-refractivity contribution in [2.45, 2.75) is 65.2 Å². The summed E-state index contributed by atoms with van der Waals surface area (Å²) in [5, 5.41) is 2.75. The van der Waals surface area contributed by atoms with Crippen molar-refractivity contribution in [3.8, 4) is 0 Å². The number of carbonyl (C=O) groups is 3. The van der Waals surface area contributed by atoms with Crippen molar-refractivity contribution in [1.29, 1.82) is 0 Å². The number of hydrogen-bond donors (Lipinski definition) is 2. The van der Waals surface area contributed by atoms with E-state index in [9.17, 15) is 18.6 Å². The summed E-state index contributed by atoms with van der Waals surface area (Å²) >= 11 is 0. The number of alkyl carbamates (subject to hydrolysis) is 1. The number of ether oxygens (including phenoxy) is 2. The van der Waals surface area contributed by atoms with E-state index in [-0.39, 0.29) is 17.9 Å². The van der Waals surface area contributed by atoms with Gasteiger partial charge in [-0.15, -0.1) is 0 Å². The smallest absolute Gasteiger partial charge is 0.410 e. The number of primary amides is 1. The predicted octanol–water partition coefficient (Wildman–Crippen LogP) is 2.82. The van der Waals surface area contributed by atoms with Gasteiger partial charge in [0.05, 0.1) is 11.3 Å². The molecule has 0 heterocycles. The Bertz CT molecular complexity index is 611. The summed E-state index contributed by atoms with van der Waals surface area (Å²) in [7, 11) is 2.13. The zero-order valence-corrected chi connectivity index (χ0v) is 20.6. The maximum atomic E-state index is 12.2. The van der Waals surface area contributed by atoms with Gasteiger partial charge in [0.25, 0.3) is 0 Å². The van der Waals surface area contributed by atoms with Crippen molar-refractivity contribution in [3.63, 3.8) is 0 Å². The molecule has 1 fully saturated rings. The van der Waals surface area contributed by atoms with Crippen LogP contribution in [0, 0.1) is 11.3 Å². The minimum Gasteiger partial charge on any atom is -0.425 e. The lowest BCUT2D eigenvalue weighted by Crippen LogP contribution is -2.40. The minimum atomic E-state index is -0.999. The fourth-order valence-corrected chi connectivity index (χ4v) is 6.55. The molecule has 11 heteroatoms. The van der Waals surface area contributed by atoms with Crippen LogP contribution in [0.25, 0.3) is 0 Å². The van der Waals surface area contributed by atoms with E-state index in [1.165, 1.54) is 6.92 Å². The molecule has 0 aromatic rings. The van der Waals surface area contributed by atoms with Crippen molar-refractivity contribution in [2.24, 2.45) is 17.1 Å². The molecular formula is C19H34N2O6S3. The van der Waals surface area contributed by atoms with E-state index in [0.717, 1.165) is 25.7 Å². The van der Waals surface area contributed by atoms with Gasteiger partial charge < -0.3 is 20.5 Å². The zero-order chi connectivity index (χ0) is 22.7. The molecule has 3 unspecified atom stereocenters. The van der Waals surface area contributed by atoms with Gasteiger partial charge in [-0.2, -0.15) is 0 Å². The molecule has 1 saturated carbocycles. The lowest BCUT2D eigenvalue weighted by Gasteiger charge is -2.25. The van der Waals surface area contributed by atoms with Crippen LogP contribution in [0.1, 0.15) is 52.9 Å². The maximum absolute atomic E-state index is 12.2. The van der Waals surface area contributed by atoms with Gasteiger partial charge in [-0.3, -0.25) is 13.8 Å². The average Bonchev–Trinajstić information content (AvgIpc) is 3.12. The molecule has 3 atom stereocenters. The summed E-state index contributed by atoms with van der Waals surface area (Å²) in [5.41, 5.74) is 5.19. The molecule has 2 amide bonds. The van der Waals surface area contributed by atoms with Gasteiger partial charge in [0.2, 0.25) is 12.2 Å². The second kappa shape index (κ2) is 13.5. The van der Waals surface area contributed by atoms with Gasteiger partial charge in [0.15, 0.2) is 0 Å². The predicted molar refractivity (Wildman–Crippen MR) is 122 cm³/mol. The number of rotatable bonds is 13. The lowest BCUT2D eigenvalue weighted by molar-refractivity contribution is -0.168. The quantitative estimate of drug-likeness (QED) is 0.178. The third-order valence-electron chi connectivity index (χ3n) is 4.87. The number of amides is 2. The van der Waals surface area contributed by atoms with Gasteiger partial charge in [-0.05, 0) is 19.3 Å². The van der Waals surface area contributed by atoms with Gasteiger partial charge >= 0.3 is 12.1 Å². The van der Waals surface area contributed by atoms with Crippen LogP contribution < -0.4 is 11.1 Å². The minimum absolute atomic E-state index is 0.238. The van der Waals surface area contributed by atoms with Crippen LogP contribution in [0.5, 0.6) is 0 Å². The Morgan fingerprint density at radius 3 is 2.30 bits per heavy atom. The fraction of sp³-hybridized carbons (Fsp3) is 0.842. The monoisotopic (exact) mass is 482 g/mol. The number of nitrogens with one attached hydrogen (secondary N) is 1. The molecular weight excluding hydrogens is 448 g/mol. The molecule has 1 aliphatic carbocycles. The van der Waals surface area contributed by atoms with E-state index in [4.69, 9.17) is 15.2 Å². The standard InChI is InChI=1S/C19H34N2O6S3/c1-13(2)16(22)26-14(3)27-18(24)21-15(7-10-30(4)25)11-28-29-12-19(17(20)23)8-5-6-9-19/h13-15H,5-12H2,1-4H3,(H2,20,23)(H,21,24). The normalized spacial score (nSPS) is 18.4. The van der Waals surface area contributed by atoms with Crippen molar-refractivity contribution in [2.75, 3.05) is 23.5 Å². The first-order valence-electron chi connectivity index (χ1n) is 10.1. The summed E-state index contributed by atoms with van der Waals surface area (Å²) in [5.74, 6) is 0.647. The van der Waals surface area contributed by atoms with Crippen LogP contribution >= 0.6 is 21.6 Å². The van der Waals surface area contributed by atoms with Gasteiger partial charge in [-0.1, -0.05) is 48.3 Å². The van der Waals surface area contributed by atoms with E-state index in [1.807, 2.05) is 0 Å². The van der Waals surface area contributed by atoms with Crippen molar-refractivity contribution >= 4 is 50.4 Å². The molecule has 0 aliphatic heterocycles. The Hall–Kier alpha value is -0.940. The van der Waals surface area contributed by atoms with Crippen molar-refractivity contribution in [1.82, 2.24) is 5.32 Å². The summed E-state index contributed by atoms with van der Waals surface area (Å²) in [6.45, 7) is 4.86. The first-order chi connectivity index (χ1) is 14.1. The van der Waals surface area contributed by atoms with Gasteiger partial charge in [-0.25, -0.2) is 4.79 Å². The highest BCUT2D eigenvalue weighted by Gasteiger charge is 2.39. The summed E-state index contributed by atoms with van der Waals surface area (Å²) in [6, 6.07) is -0.264. The molecule has 0 bridgehead atoms. The van der Waals surface area contributed by atoms with E-state index in [2.05, 4.69) is 5.32 Å². The largest absolute Gasteiger partial charge is 0.425 e. The van der Waals surface area contributed by atoms with Crippen LogP contribution in [0.15, 0.2) is 0 Å². The number of hydrogen-bond acceptors (Lipinski definition) is 8. The van der Waals surface area contributed by atoms with Crippen LogP contribution in [0.2, 0.25) is 0 Å². The number of esters is 1. The third kappa shape index (κ3) is 9.91. The highest BCUT2D eigenvalue weighted by Crippen LogP contribution is 2.43. The molecule has 1 rings (SSSR count). The van der Waals surface area contributed by atoms with Crippen LogP contribution in [0.3, 0.4) is 0 Å². The van der Waals surface area contributed by atoms with Crippen molar-refractivity contribution in [3.05, 3.63) is 0 Å². The number of carbonyl (C=O) groups excluding carboxylic acids is 3. The van der Waals surface area contributed by atoms with Gasteiger partial charge in [0, 0.05) is 47.3 Å².